The minimum Gasteiger partial charge on any atom is -0.396 e. The Hall–Kier alpha value is -2.54. The van der Waals surface area contributed by atoms with Crippen molar-refractivity contribution in [2.24, 2.45) is 0 Å². The number of halogens is 2. The molecular formula is C14H9F2N3OS. The number of carbonyl (C=O) groups is 1. The van der Waals surface area contributed by atoms with Crippen LogP contribution in [0.3, 0.4) is 0 Å². The van der Waals surface area contributed by atoms with Crippen molar-refractivity contribution in [2.75, 3.05) is 11.1 Å². The molecule has 0 aliphatic rings. The van der Waals surface area contributed by atoms with E-state index in [-0.39, 0.29) is 0 Å². The smallest absolute Gasteiger partial charge is 0.258 e. The van der Waals surface area contributed by atoms with E-state index < -0.39 is 28.8 Å². The topological polar surface area (TPSA) is 68.0 Å². The molecule has 21 heavy (non-hydrogen) atoms. The van der Waals surface area contributed by atoms with E-state index >= 15 is 0 Å². The number of fused-ring (bicyclic) bond motifs is 1. The molecule has 0 aliphatic carbocycles. The number of amides is 1. The summed E-state index contributed by atoms with van der Waals surface area (Å²) in [6, 6.07) is 6.73. The van der Waals surface area contributed by atoms with Gasteiger partial charge in [-0.05, 0) is 30.3 Å². The molecule has 0 fully saturated rings. The summed E-state index contributed by atoms with van der Waals surface area (Å²) in [6.07, 6.45) is 0. The number of carbonyl (C=O) groups excluding carboxylic acids is 1. The van der Waals surface area contributed by atoms with Gasteiger partial charge in [-0.2, -0.15) is 0 Å². The highest BCUT2D eigenvalue weighted by Gasteiger charge is 2.16. The summed E-state index contributed by atoms with van der Waals surface area (Å²) in [7, 11) is 0. The summed E-state index contributed by atoms with van der Waals surface area (Å²) in [5, 5.41) is 2.51. The summed E-state index contributed by atoms with van der Waals surface area (Å²) >= 11 is 1.42. The average Bonchev–Trinajstić information content (AvgIpc) is 2.90. The summed E-state index contributed by atoms with van der Waals surface area (Å²) < 4.78 is 27.9. The normalized spacial score (nSPS) is 10.8. The number of thiazole rings is 1. The molecule has 2 aromatic carbocycles. The number of nitrogens with one attached hydrogen (secondary N) is 1. The lowest BCUT2D eigenvalue weighted by Gasteiger charge is -2.08. The molecule has 3 N–H and O–H groups in total. The van der Waals surface area contributed by atoms with E-state index in [4.69, 9.17) is 5.73 Å². The lowest BCUT2D eigenvalue weighted by molar-refractivity contribution is 0.102. The third-order valence-electron chi connectivity index (χ3n) is 2.90. The Labute approximate surface area is 122 Å². The molecule has 0 unspecified atom stereocenters. The second-order valence-electron chi connectivity index (χ2n) is 4.35. The fourth-order valence-electron chi connectivity index (χ4n) is 1.91. The third kappa shape index (κ3) is 2.55. The van der Waals surface area contributed by atoms with Gasteiger partial charge in [-0.25, -0.2) is 13.8 Å². The quantitative estimate of drug-likeness (QED) is 0.713. The van der Waals surface area contributed by atoms with Crippen molar-refractivity contribution in [3.05, 3.63) is 53.0 Å². The van der Waals surface area contributed by atoms with Crippen LogP contribution >= 0.6 is 11.3 Å². The lowest BCUT2D eigenvalue weighted by atomic mass is 10.1. The Bertz CT molecular complexity index is 847. The zero-order valence-electron chi connectivity index (χ0n) is 10.6. The molecular weight excluding hydrogens is 296 g/mol. The summed E-state index contributed by atoms with van der Waals surface area (Å²) in [4.78, 5) is 16.1. The van der Waals surface area contributed by atoms with Crippen LogP contribution in [0.4, 0.5) is 20.2 Å². The molecule has 1 aromatic heterocycles. The number of anilines is 2. The molecule has 1 amide bonds. The van der Waals surface area contributed by atoms with Crippen LogP contribution in [-0.4, -0.2) is 10.9 Å². The van der Waals surface area contributed by atoms with Crippen LogP contribution in [-0.2, 0) is 0 Å². The van der Waals surface area contributed by atoms with Crippen molar-refractivity contribution in [1.29, 1.82) is 0 Å². The monoisotopic (exact) mass is 305 g/mol. The van der Waals surface area contributed by atoms with Crippen molar-refractivity contribution >= 4 is 38.8 Å². The van der Waals surface area contributed by atoms with Gasteiger partial charge in [0.15, 0.2) is 5.82 Å². The van der Waals surface area contributed by atoms with E-state index in [1.807, 2.05) is 0 Å². The van der Waals surface area contributed by atoms with E-state index in [0.29, 0.717) is 5.69 Å². The van der Waals surface area contributed by atoms with Gasteiger partial charge in [0.2, 0.25) is 0 Å². The molecule has 3 rings (SSSR count). The number of rotatable bonds is 2. The van der Waals surface area contributed by atoms with E-state index in [2.05, 4.69) is 10.3 Å². The van der Waals surface area contributed by atoms with Gasteiger partial charge in [-0.1, -0.05) is 0 Å². The number of hydrogen-bond acceptors (Lipinski definition) is 4. The molecule has 106 valence electrons. The Balaban J connectivity index is 1.92. The van der Waals surface area contributed by atoms with Gasteiger partial charge in [0, 0.05) is 5.69 Å². The van der Waals surface area contributed by atoms with Crippen LogP contribution in [0, 0.1) is 11.6 Å². The van der Waals surface area contributed by atoms with E-state index in [1.54, 1.807) is 23.7 Å². The summed E-state index contributed by atoms with van der Waals surface area (Å²) in [6.45, 7) is 0. The van der Waals surface area contributed by atoms with Crippen LogP contribution in [0.25, 0.3) is 10.2 Å². The first-order valence-corrected chi connectivity index (χ1v) is 6.81. The van der Waals surface area contributed by atoms with Gasteiger partial charge in [0.1, 0.15) is 5.82 Å². The zero-order valence-corrected chi connectivity index (χ0v) is 11.4. The number of nitrogens with zero attached hydrogens (tertiary/aromatic N) is 1. The molecule has 0 radical (unpaired) electrons. The number of hydrogen-bond donors (Lipinski definition) is 2. The van der Waals surface area contributed by atoms with Gasteiger partial charge in [0.05, 0.1) is 27.0 Å². The van der Waals surface area contributed by atoms with Crippen LogP contribution < -0.4 is 11.1 Å². The van der Waals surface area contributed by atoms with E-state index in [1.165, 1.54) is 11.3 Å². The van der Waals surface area contributed by atoms with Crippen molar-refractivity contribution in [1.82, 2.24) is 4.98 Å². The molecule has 0 aliphatic heterocycles. The van der Waals surface area contributed by atoms with Gasteiger partial charge in [-0.15, -0.1) is 11.3 Å². The number of benzene rings is 2. The minimum absolute atomic E-state index is 0.405. The number of aromatic nitrogens is 1. The van der Waals surface area contributed by atoms with Crippen LogP contribution in [0.15, 0.2) is 35.8 Å². The van der Waals surface area contributed by atoms with Crippen molar-refractivity contribution in [3.63, 3.8) is 0 Å². The standard InChI is InChI=1S/C14H9F2N3OS/c15-7-3-9(13(16)10(17)4-7)14(20)19-8-1-2-11-12(5-8)21-6-18-11/h1-6H,17H2,(H,19,20). The van der Waals surface area contributed by atoms with Gasteiger partial charge >= 0.3 is 0 Å². The van der Waals surface area contributed by atoms with Crippen LogP contribution in [0.5, 0.6) is 0 Å². The van der Waals surface area contributed by atoms with Gasteiger partial charge < -0.3 is 11.1 Å². The summed E-state index contributed by atoms with van der Waals surface area (Å²) in [5.74, 6) is -2.47. The van der Waals surface area contributed by atoms with Crippen LogP contribution in [0.2, 0.25) is 0 Å². The minimum atomic E-state index is -0.937. The van der Waals surface area contributed by atoms with Crippen molar-refractivity contribution in [2.45, 2.75) is 0 Å². The Morgan fingerprint density at radius 3 is 2.86 bits per heavy atom. The molecule has 7 heteroatoms. The van der Waals surface area contributed by atoms with Crippen LogP contribution in [0.1, 0.15) is 10.4 Å². The maximum Gasteiger partial charge on any atom is 0.258 e. The lowest BCUT2D eigenvalue weighted by Crippen LogP contribution is -2.15. The Morgan fingerprint density at radius 1 is 1.24 bits per heavy atom. The molecule has 0 saturated heterocycles. The second kappa shape index (κ2) is 5.10. The number of nitrogen functional groups attached to an aromatic ring is 1. The molecule has 1 heterocycles. The van der Waals surface area contributed by atoms with E-state index in [0.717, 1.165) is 22.3 Å². The van der Waals surface area contributed by atoms with E-state index in [9.17, 15) is 13.6 Å². The molecule has 0 saturated carbocycles. The highest BCUT2D eigenvalue weighted by atomic mass is 32.1. The molecule has 0 bridgehead atoms. The molecule has 0 spiro atoms. The first-order valence-electron chi connectivity index (χ1n) is 5.94. The SMILES string of the molecule is Nc1cc(F)cc(C(=O)Nc2ccc3ncsc3c2)c1F. The average molecular weight is 305 g/mol. The fourth-order valence-corrected chi connectivity index (χ4v) is 2.62. The second-order valence-corrected chi connectivity index (χ2v) is 5.23. The summed E-state index contributed by atoms with van der Waals surface area (Å²) in [5.41, 5.74) is 7.43. The highest BCUT2D eigenvalue weighted by Crippen LogP contribution is 2.23. The van der Waals surface area contributed by atoms with Gasteiger partial charge in [-0.3, -0.25) is 4.79 Å². The van der Waals surface area contributed by atoms with Crippen molar-refractivity contribution < 1.29 is 13.6 Å². The molecule has 3 aromatic rings. The zero-order chi connectivity index (χ0) is 15.0. The third-order valence-corrected chi connectivity index (χ3v) is 3.69. The Kier molecular flexibility index (Phi) is 3.26. The highest BCUT2D eigenvalue weighted by molar-refractivity contribution is 7.16. The fraction of sp³-hybridized carbons (Fsp3) is 0. The predicted molar refractivity (Wildman–Crippen MR) is 78.3 cm³/mol. The first kappa shape index (κ1) is 13.4. The van der Waals surface area contributed by atoms with Gasteiger partial charge in [0.25, 0.3) is 5.91 Å². The molecule has 0 atom stereocenters. The maximum atomic E-state index is 13.8. The molecule has 4 nitrogen and oxygen atoms in total. The predicted octanol–water partition coefficient (Wildman–Crippen LogP) is 3.41. The number of nitrogens with two attached hydrogens (primary N) is 1. The maximum absolute atomic E-state index is 13.8. The Morgan fingerprint density at radius 2 is 2.05 bits per heavy atom. The largest absolute Gasteiger partial charge is 0.396 e. The first-order chi connectivity index (χ1) is 10.0. The van der Waals surface area contributed by atoms with Crippen molar-refractivity contribution in [3.8, 4) is 0 Å².